The summed E-state index contributed by atoms with van der Waals surface area (Å²) < 4.78 is 0. The van der Waals surface area contributed by atoms with Gasteiger partial charge in [-0.05, 0) is 42.0 Å². The summed E-state index contributed by atoms with van der Waals surface area (Å²) >= 11 is 12.0. The first-order chi connectivity index (χ1) is 6.59. The molecule has 0 aromatic heterocycles. The fourth-order valence-electron chi connectivity index (χ4n) is 2.11. The lowest BCUT2D eigenvalue weighted by Crippen LogP contribution is -2.12. The molecular formula is C11H12Cl2O. The van der Waals surface area contributed by atoms with Gasteiger partial charge < -0.3 is 5.11 Å². The van der Waals surface area contributed by atoms with Gasteiger partial charge in [-0.2, -0.15) is 0 Å². The van der Waals surface area contributed by atoms with Gasteiger partial charge in [-0.15, -0.1) is 0 Å². The van der Waals surface area contributed by atoms with Crippen LogP contribution in [0.15, 0.2) is 12.1 Å². The molecule has 0 amide bonds. The average molecular weight is 231 g/mol. The highest BCUT2D eigenvalue weighted by molar-refractivity contribution is 6.35. The molecule has 14 heavy (non-hydrogen) atoms. The second-order valence-electron chi connectivity index (χ2n) is 3.88. The summed E-state index contributed by atoms with van der Waals surface area (Å²) in [4.78, 5) is 0. The Balaban J connectivity index is 2.60. The van der Waals surface area contributed by atoms with Crippen molar-refractivity contribution < 1.29 is 5.11 Å². The van der Waals surface area contributed by atoms with E-state index in [4.69, 9.17) is 23.2 Å². The number of hydrogen-bond donors (Lipinski definition) is 1. The minimum Gasteiger partial charge on any atom is -0.388 e. The molecule has 1 aliphatic rings. The van der Waals surface area contributed by atoms with Crippen LogP contribution >= 0.6 is 23.2 Å². The van der Waals surface area contributed by atoms with Crippen molar-refractivity contribution in [2.75, 3.05) is 0 Å². The highest BCUT2D eigenvalue weighted by Gasteiger charge is 2.25. The van der Waals surface area contributed by atoms with Gasteiger partial charge in [0.05, 0.1) is 6.10 Å². The predicted octanol–water partition coefficient (Wildman–Crippen LogP) is 3.92. The number of hydrogen-bond acceptors (Lipinski definition) is 1. The third-order valence-electron chi connectivity index (χ3n) is 2.85. The summed E-state index contributed by atoms with van der Waals surface area (Å²) in [6.45, 7) is 2.13. The quantitative estimate of drug-likeness (QED) is 0.717. The fraction of sp³-hybridized carbons (Fsp3) is 0.455. The van der Waals surface area contributed by atoms with E-state index >= 15 is 0 Å². The maximum absolute atomic E-state index is 9.81. The molecule has 2 atom stereocenters. The standard InChI is InChI=1S/C11H12Cl2O/c1-6-2-3-10(14)8-4-7(12)5-9(13)11(6)8/h4-6,10,14H,2-3H2,1H3. The second-order valence-corrected chi connectivity index (χ2v) is 4.73. The van der Waals surface area contributed by atoms with Gasteiger partial charge in [0.15, 0.2) is 0 Å². The average Bonchev–Trinajstić information content (AvgIpc) is 2.10. The number of aliphatic hydroxyl groups is 1. The molecule has 0 spiro atoms. The van der Waals surface area contributed by atoms with Gasteiger partial charge in [0.2, 0.25) is 0 Å². The molecule has 0 saturated heterocycles. The molecule has 76 valence electrons. The largest absolute Gasteiger partial charge is 0.388 e. The first-order valence-electron chi connectivity index (χ1n) is 4.76. The molecule has 1 nitrogen and oxygen atoms in total. The lowest BCUT2D eigenvalue weighted by Gasteiger charge is -2.27. The SMILES string of the molecule is CC1CCC(O)c2cc(Cl)cc(Cl)c21. The van der Waals surface area contributed by atoms with Crippen LogP contribution in [0.1, 0.15) is 42.9 Å². The van der Waals surface area contributed by atoms with Crippen LogP contribution in [0.2, 0.25) is 10.0 Å². The van der Waals surface area contributed by atoms with Gasteiger partial charge in [0.1, 0.15) is 0 Å². The summed E-state index contributed by atoms with van der Waals surface area (Å²) in [5, 5.41) is 11.1. The maximum atomic E-state index is 9.81. The number of halogens is 2. The number of benzene rings is 1. The third-order valence-corrected chi connectivity index (χ3v) is 3.38. The van der Waals surface area contributed by atoms with Gasteiger partial charge in [-0.3, -0.25) is 0 Å². The van der Waals surface area contributed by atoms with E-state index in [1.807, 2.05) is 6.07 Å². The zero-order valence-electron chi connectivity index (χ0n) is 7.93. The molecule has 1 N–H and O–H groups in total. The minimum absolute atomic E-state index is 0.405. The summed E-state index contributed by atoms with van der Waals surface area (Å²) in [6, 6.07) is 3.57. The molecule has 1 aromatic rings. The normalized spacial score (nSPS) is 26.0. The van der Waals surface area contributed by atoms with E-state index in [-0.39, 0.29) is 0 Å². The minimum atomic E-state index is -0.405. The molecule has 2 unspecified atom stereocenters. The van der Waals surface area contributed by atoms with Crippen molar-refractivity contribution in [3.8, 4) is 0 Å². The van der Waals surface area contributed by atoms with Gasteiger partial charge in [0, 0.05) is 10.0 Å². The lowest BCUT2D eigenvalue weighted by atomic mass is 9.82. The van der Waals surface area contributed by atoms with Gasteiger partial charge in [0.25, 0.3) is 0 Å². The molecule has 0 radical (unpaired) electrons. The van der Waals surface area contributed by atoms with Crippen LogP contribution in [-0.4, -0.2) is 5.11 Å². The van der Waals surface area contributed by atoms with Crippen LogP contribution in [-0.2, 0) is 0 Å². The Morgan fingerprint density at radius 1 is 1.29 bits per heavy atom. The topological polar surface area (TPSA) is 20.2 Å². The smallest absolute Gasteiger partial charge is 0.0794 e. The van der Waals surface area contributed by atoms with Crippen LogP contribution in [0, 0.1) is 0 Å². The van der Waals surface area contributed by atoms with Crippen LogP contribution < -0.4 is 0 Å². The van der Waals surface area contributed by atoms with Crippen molar-refractivity contribution in [1.29, 1.82) is 0 Å². The first-order valence-corrected chi connectivity index (χ1v) is 5.52. The summed E-state index contributed by atoms with van der Waals surface area (Å²) in [5.74, 6) is 0.415. The van der Waals surface area contributed by atoms with E-state index < -0.39 is 6.10 Å². The van der Waals surface area contributed by atoms with Crippen LogP contribution in [0.5, 0.6) is 0 Å². The van der Waals surface area contributed by atoms with Crippen LogP contribution in [0.25, 0.3) is 0 Å². The van der Waals surface area contributed by atoms with Crippen molar-refractivity contribution in [3.63, 3.8) is 0 Å². The van der Waals surface area contributed by atoms with E-state index in [0.29, 0.717) is 16.0 Å². The zero-order valence-corrected chi connectivity index (χ0v) is 9.44. The molecule has 0 heterocycles. The number of aliphatic hydroxyl groups excluding tert-OH is 1. The molecule has 0 fully saturated rings. The second kappa shape index (κ2) is 3.73. The Kier molecular flexibility index (Phi) is 2.74. The monoisotopic (exact) mass is 230 g/mol. The Morgan fingerprint density at radius 2 is 2.00 bits per heavy atom. The summed E-state index contributed by atoms with van der Waals surface area (Å²) in [7, 11) is 0. The predicted molar refractivity (Wildman–Crippen MR) is 59.1 cm³/mol. The van der Waals surface area contributed by atoms with Crippen molar-refractivity contribution in [1.82, 2.24) is 0 Å². The van der Waals surface area contributed by atoms with Crippen molar-refractivity contribution in [3.05, 3.63) is 33.3 Å². The zero-order chi connectivity index (χ0) is 10.3. The maximum Gasteiger partial charge on any atom is 0.0794 e. The number of rotatable bonds is 0. The van der Waals surface area contributed by atoms with Gasteiger partial charge in [-0.25, -0.2) is 0 Å². The van der Waals surface area contributed by atoms with Gasteiger partial charge in [-0.1, -0.05) is 30.1 Å². The van der Waals surface area contributed by atoms with E-state index in [0.717, 1.165) is 24.0 Å². The fourth-order valence-corrected chi connectivity index (χ4v) is 2.80. The highest BCUT2D eigenvalue weighted by Crippen LogP contribution is 2.42. The first kappa shape index (κ1) is 10.3. The van der Waals surface area contributed by atoms with E-state index in [2.05, 4.69) is 6.92 Å². The Hall–Kier alpha value is -0.240. The third kappa shape index (κ3) is 1.65. The highest BCUT2D eigenvalue weighted by atomic mass is 35.5. The Labute approximate surface area is 93.7 Å². The van der Waals surface area contributed by atoms with E-state index in [9.17, 15) is 5.11 Å². The molecule has 2 rings (SSSR count). The molecule has 0 bridgehead atoms. The van der Waals surface area contributed by atoms with Gasteiger partial charge >= 0.3 is 0 Å². The molecule has 1 aliphatic carbocycles. The molecular weight excluding hydrogens is 219 g/mol. The Bertz CT molecular complexity index is 363. The van der Waals surface area contributed by atoms with Crippen LogP contribution in [0.3, 0.4) is 0 Å². The molecule has 0 aliphatic heterocycles. The lowest BCUT2D eigenvalue weighted by molar-refractivity contribution is 0.151. The van der Waals surface area contributed by atoms with Crippen molar-refractivity contribution in [2.24, 2.45) is 0 Å². The van der Waals surface area contributed by atoms with E-state index in [1.54, 1.807) is 6.07 Å². The van der Waals surface area contributed by atoms with Crippen LogP contribution in [0.4, 0.5) is 0 Å². The van der Waals surface area contributed by atoms with Crippen molar-refractivity contribution >= 4 is 23.2 Å². The Morgan fingerprint density at radius 3 is 2.71 bits per heavy atom. The molecule has 3 heteroatoms. The molecule has 0 saturated carbocycles. The van der Waals surface area contributed by atoms with E-state index in [1.165, 1.54) is 0 Å². The summed E-state index contributed by atoms with van der Waals surface area (Å²) in [6.07, 6.45) is 1.37. The van der Waals surface area contributed by atoms with Crippen molar-refractivity contribution in [2.45, 2.75) is 31.8 Å². The number of fused-ring (bicyclic) bond motifs is 1. The summed E-state index contributed by atoms with van der Waals surface area (Å²) in [5.41, 5.74) is 1.97. The molecule has 1 aromatic carbocycles.